The molecule has 2 aromatic carbocycles. The normalized spacial score (nSPS) is 11.6. The molecule has 6 N–H and O–H groups in total. The van der Waals surface area contributed by atoms with Gasteiger partial charge < -0.3 is 21.7 Å². The maximum absolute atomic E-state index is 9.89. The maximum Gasteiger partial charge on any atom is 0.141 e. The zero-order chi connectivity index (χ0) is 16.7. The Morgan fingerprint density at radius 3 is 1.50 bits per heavy atom. The molecule has 0 saturated heterocycles. The van der Waals surface area contributed by atoms with Crippen LogP contribution >= 0.6 is 0 Å². The van der Waals surface area contributed by atoms with Crippen LogP contribution in [0.15, 0.2) is 24.3 Å². The molecule has 0 fully saturated rings. The van der Waals surface area contributed by atoms with Gasteiger partial charge in [-0.25, -0.2) is 0 Å². The van der Waals surface area contributed by atoms with Gasteiger partial charge in [0.2, 0.25) is 0 Å². The van der Waals surface area contributed by atoms with E-state index in [0.717, 1.165) is 28.7 Å². The van der Waals surface area contributed by atoms with Crippen LogP contribution in [0, 0.1) is 13.8 Å². The number of hydrogen-bond donors (Lipinski definition) is 4. The second-order valence-electron chi connectivity index (χ2n) is 6.15. The highest BCUT2D eigenvalue weighted by Crippen LogP contribution is 2.41. The lowest BCUT2D eigenvalue weighted by molar-refractivity contribution is 0.470. The summed E-state index contributed by atoms with van der Waals surface area (Å²) >= 11 is 0. The molecular weight excluding hydrogens is 276 g/mol. The first kappa shape index (κ1) is 16.0. The van der Waals surface area contributed by atoms with E-state index in [1.165, 1.54) is 0 Å². The molecule has 0 bridgehead atoms. The predicted octanol–water partition coefficient (Wildman–Crippen LogP) is 3.60. The molecule has 0 spiro atoms. The van der Waals surface area contributed by atoms with E-state index < -0.39 is 0 Å². The third kappa shape index (κ3) is 2.45. The van der Waals surface area contributed by atoms with Crippen LogP contribution < -0.4 is 11.5 Å². The SMILES string of the molecule is CCC(C)(c1cc(C)c(O)c(N)c1)c1cc(C)c(O)c(N)c1. The summed E-state index contributed by atoms with van der Waals surface area (Å²) in [4.78, 5) is 0. The molecular formula is C18H24N2O2. The number of anilines is 2. The molecule has 2 aromatic rings. The van der Waals surface area contributed by atoms with E-state index in [-0.39, 0.29) is 16.9 Å². The fourth-order valence-electron chi connectivity index (χ4n) is 2.83. The predicted molar refractivity (Wildman–Crippen MR) is 91.3 cm³/mol. The fourth-order valence-corrected chi connectivity index (χ4v) is 2.83. The third-order valence-corrected chi connectivity index (χ3v) is 4.64. The van der Waals surface area contributed by atoms with Gasteiger partial charge >= 0.3 is 0 Å². The molecule has 0 amide bonds. The average molecular weight is 300 g/mol. The quantitative estimate of drug-likeness (QED) is 0.515. The Balaban J connectivity index is 2.68. The highest BCUT2D eigenvalue weighted by Gasteiger charge is 2.29. The Kier molecular flexibility index (Phi) is 3.96. The minimum Gasteiger partial charge on any atom is -0.506 e. The third-order valence-electron chi connectivity index (χ3n) is 4.64. The molecule has 22 heavy (non-hydrogen) atoms. The van der Waals surface area contributed by atoms with Crippen molar-refractivity contribution in [3.63, 3.8) is 0 Å². The van der Waals surface area contributed by atoms with Crippen LogP contribution in [-0.2, 0) is 5.41 Å². The molecule has 0 radical (unpaired) electrons. The summed E-state index contributed by atoms with van der Waals surface area (Å²) in [7, 11) is 0. The van der Waals surface area contributed by atoms with E-state index in [2.05, 4.69) is 13.8 Å². The summed E-state index contributed by atoms with van der Waals surface area (Å²) in [6.07, 6.45) is 0.834. The summed E-state index contributed by atoms with van der Waals surface area (Å²) in [5.41, 5.74) is 15.8. The highest BCUT2D eigenvalue weighted by atomic mass is 16.3. The first-order valence-corrected chi connectivity index (χ1v) is 7.39. The van der Waals surface area contributed by atoms with Crippen molar-refractivity contribution in [3.8, 4) is 11.5 Å². The number of nitrogen functional groups attached to an aromatic ring is 2. The number of hydrogen-bond acceptors (Lipinski definition) is 4. The minimum absolute atomic E-state index is 0.128. The number of phenolic OH excluding ortho intramolecular Hbond substituents is 2. The zero-order valence-electron chi connectivity index (χ0n) is 13.6. The van der Waals surface area contributed by atoms with Crippen molar-refractivity contribution in [2.45, 2.75) is 39.5 Å². The molecule has 0 aliphatic carbocycles. The number of phenols is 2. The van der Waals surface area contributed by atoms with Gasteiger partial charge in [0, 0.05) is 5.41 Å². The first-order chi connectivity index (χ1) is 10.2. The van der Waals surface area contributed by atoms with Gasteiger partial charge in [0.05, 0.1) is 11.4 Å². The largest absolute Gasteiger partial charge is 0.506 e. The van der Waals surface area contributed by atoms with Gasteiger partial charge in [0.15, 0.2) is 0 Å². The molecule has 0 aromatic heterocycles. The zero-order valence-corrected chi connectivity index (χ0v) is 13.6. The van der Waals surface area contributed by atoms with Crippen molar-refractivity contribution < 1.29 is 10.2 Å². The van der Waals surface area contributed by atoms with Gasteiger partial charge in [-0.05, 0) is 54.7 Å². The number of aryl methyl sites for hydroxylation is 2. The Morgan fingerprint density at radius 2 is 1.23 bits per heavy atom. The molecule has 4 heteroatoms. The van der Waals surface area contributed by atoms with Gasteiger partial charge in [-0.15, -0.1) is 0 Å². The van der Waals surface area contributed by atoms with Crippen LogP contribution in [-0.4, -0.2) is 10.2 Å². The molecule has 2 rings (SSSR count). The van der Waals surface area contributed by atoms with E-state index in [1.807, 2.05) is 38.1 Å². The summed E-state index contributed by atoms with van der Waals surface area (Å²) < 4.78 is 0. The van der Waals surface area contributed by atoms with Crippen molar-refractivity contribution >= 4 is 11.4 Å². The number of aromatic hydroxyl groups is 2. The Morgan fingerprint density at radius 1 is 0.864 bits per heavy atom. The molecule has 0 heterocycles. The smallest absolute Gasteiger partial charge is 0.141 e. The van der Waals surface area contributed by atoms with Gasteiger partial charge in [-0.3, -0.25) is 0 Å². The molecule has 0 atom stereocenters. The Labute approximate surface area is 131 Å². The second kappa shape index (κ2) is 5.44. The van der Waals surface area contributed by atoms with Crippen molar-refractivity contribution in [1.82, 2.24) is 0 Å². The van der Waals surface area contributed by atoms with E-state index in [4.69, 9.17) is 11.5 Å². The highest BCUT2D eigenvalue weighted by molar-refractivity contribution is 5.63. The van der Waals surface area contributed by atoms with Crippen LogP contribution in [0.2, 0.25) is 0 Å². The lowest BCUT2D eigenvalue weighted by Crippen LogP contribution is -2.23. The maximum atomic E-state index is 9.89. The van der Waals surface area contributed by atoms with Crippen LogP contribution in [0.3, 0.4) is 0 Å². The molecule has 118 valence electrons. The van der Waals surface area contributed by atoms with E-state index >= 15 is 0 Å². The standard InChI is InChI=1S/C18H24N2O2/c1-5-18(4,12-6-10(2)16(21)14(19)8-12)13-7-11(3)17(22)15(20)9-13/h6-9,21-22H,5,19-20H2,1-4H3. The average Bonchev–Trinajstić information content (AvgIpc) is 2.48. The van der Waals surface area contributed by atoms with Gasteiger partial charge in [0.25, 0.3) is 0 Å². The Hall–Kier alpha value is -2.36. The molecule has 0 aliphatic heterocycles. The topological polar surface area (TPSA) is 92.5 Å². The molecule has 0 saturated carbocycles. The Bertz CT molecular complexity index is 620. The van der Waals surface area contributed by atoms with Crippen molar-refractivity contribution in [1.29, 1.82) is 0 Å². The summed E-state index contributed by atoms with van der Waals surface area (Å²) in [5.74, 6) is 0.257. The van der Waals surface area contributed by atoms with Gasteiger partial charge in [0.1, 0.15) is 11.5 Å². The van der Waals surface area contributed by atoms with E-state index in [0.29, 0.717) is 11.4 Å². The van der Waals surface area contributed by atoms with E-state index in [1.54, 1.807) is 0 Å². The van der Waals surface area contributed by atoms with Gasteiger partial charge in [-0.1, -0.05) is 26.0 Å². The molecule has 4 nitrogen and oxygen atoms in total. The fraction of sp³-hybridized carbons (Fsp3) is 0.333. The van der Waals surface area contributed by atoms with Crippen molar-refractivity contribution in [2.24, 2.45) is 0 Å². The van der Waals surface area contributed by atoms with E-state index in [9.17, 15) is 10.2 Å². The van der Waals surface area contributed by atoms with Crippen LogP contribution in [0.5, 0.6) is 11.5 Å². The minimum atomic E-state index is -0.306. The lowest BCUT2D eigenvalue weighted by atomic mass is 9.73. The molecule has 0 unspecified atom stereocenters. The summed E-state index contributed by atoms with van der Waals surface area (Å²) in [6.45, 7) is 7.88. The monoisotopic (exact) mass is 300 g/mol. The number of rotatable bonds is 3. The van der Waals surface area contributed by atoms with Crippen LogP contribution in [0.1, 0.15) is 42.5 Å². The van der Waals surface area contributed by atoms with Crippen molar-refractivity contribution in [3.05, 3.63) is 46.5 Å². The molecule has 0 aliphatic rings. The van der Waals surface area contributed by atoms with Crippen molar-refractivity contribution in [2.75, 3.05) is 11.5 Å². The first-order valence-electron chi connectivity index (χ1n) is 7.39. The summed E-state index contributed by atoms with van der Waals surface area (Å²) in [5, 5.41) is 19.8. The number of nitrogens with two attached hydrogens (primary N) is 2. The summed E-state index contributed by atoms with van der Waals surface area (Å²) in [6, 6.07) is 7.52. The van der Waals surface area contributed by atoms with Gasteiger partial charge in [-0.2, -0.15) is 0 Å². The number of benzene rings is 2. The van der Waals surface area contributed by atoms with Crippen LogP contribution in [0.4, 0.5) is 11.4 Å². The van der Waals surface area contributed by atoms with Crippen LogP contribution in [0.25, 0.3) is 0 Å². The second-order valence-corrected chi connectivity index (χ2v) is 6.15. The lowest BCUT2D eigenvalue weighted by Gasteiger charge is -2.31.